The Morgan fingerprint density at radius 2 is 2.45 bits per heavy atom. The largest absolute Gasteiger partial charge is 0.394 e. The molecule has 0 saturated carbocycles. The third kappa shape index (κ3) is 1.55. The lowest BCUT2D eigenvalue weighted by Crippen LogP contribution is -2.59. The average molecular weight is 158 g/mol. The van der Waals surface area contributed by atoms with E-state index in [0.717, 1.165) is 19.5 Å². The van der Waals surface area contributed by atoms with Crippen molar-refractivity contribution >= 4 is 0 Å². The Morgan fingerprint density at radius 3 is 2.82 bits per heavy atom. The molecule has 1 heterocycles. The van der Waals surface area contributed by atoms with Crippen molar-refractivity contribution in [3.63, 3.8) is 0 Å². The van der Waals surface area contributed by atoms with Crippen molar-refractivity contribution in [2.75, 3.05) is 26.7 Å². The SMILES string of the molecule is CNC1(CO)CCNCC1C. The standard InChI is InChI=1S/C8H18N2O/c1-7-5-10-4-3-8(7,6-11)9-2/h7,9-11H,3-6H2,1-2H3. The van der Waals surface area contributed by atoms with Crippen LogP contribution in [0, 0.1) is 5.92 Å². The molecule has 1 saturated heterocycles. The fourth-order valence-corrected chi connectivity index (χ4v) is 1.76. The van der Waals surface area contributed by atoms with Gasteiger partial charge in [0.25, 0.3) is 0 Å². The first-order chi connectivity index (χ1) is 5.25. The minimum Gasteiger partial charge on any atom is -0.394 e. The summed E-state index contributed by atoms with van der Waals surface area (Å²) in [5.41, 5.74) is -0.0365. The molecule has 0 aliphatic carbocycles. The molecule has 0 aromatic heterocycles. The number of hydrogen-bond acceptors (Lipinski definition) is 3. The normalized spacial score (nSPS) is 39.0. The van der Waals surface area contributed by atoms with Crippen LogP contribution in [0.25, 0.3) is 0 Å². The quantitative estimate of drug-likeness (QED) is 0.511. The molecule has 1 rings (SSSR count). The van der Waals surface area contributed by atoms with Crippen LogP contribution in [0.2, 0.25) is 0 Å². The molecule has 2 atom stereocenters. The molecule has 3 nitrogen and oxygen atoms in total. The third-order valence-electron chi connectivity index (χ3n) is 2.92. The van der Waals surface area contributed by atoms with Gasteiger partial charge in [0.1, 0.15) is 0 Å². The number of rotatable bonds is 2. The molecule has 0 bridgehead atoms. The van der Waals surface area contributed by atoms with Crippen molar-refractivity contribution in [2.45, 2.75) is 18.9 Å². The van der Waals surface area contributed by atoms with Crippen molar-refractivity contribution in [1.29, 1.82) is 0 Å². The first kappa shape index (κ1) is 8.97. The van der Waals surface area contributed by atoms with Crippen LogP contribution < -0.4 is 10.6 Å². The number of hydrogen-bond donors (Lipinski definition) is 3. The molecule has 11 heavy (non-hydrogen) atoms. The minimum absolute atomic E-state index is 0.0365. The van der Waals surface area contributed by atoms with Gasteiger partial charge < -0.3 is 15.7 Å². The van der Waals surface area contributed by atoms with Gasteiger partial charge in [-0.2, -0.15) is 0 Å². The second-order valence-electron chi connectivity index (χ2n) is 3.42. The van der Waals surface area contributed by atoms with Crippen LogP contribution >= 0.6 is 0 Å². The average Bonchev–Trinajstić information content (AvgIpc) is 2.06. The third-order valence-corrected chi connectivity index (χ3v) is 2.92. The summed E-state index contributed by atoms with van der Waals surface area (Å²) in [7, 11) is 1.93. The van der Waals surface area contributed by atoms with Crippen molar-refractivity contribution in [3.8, 4) is 0 Å². The summed E-state index contributed by atoms with van der Waals surface area (Å²) in [4.78, 5) is 0. The van der Waals surface area contributed by atoms with Gasteiger partial charge in [0.15, 0.2) is 0 Å². The molecule has 0 amide bonds. The van der Waals surface area contributed by atoms with Gasteiger partial charge in [0, 0.05) is 5.54 Å². The molecule has 1 aliphatic rings. The van der Waals surface area contributed by atoms with E-state index in [4.69, 9.17) is 0 Å². The molecule has 3 N–H and O–H groups in total. The molecule has 1 fully saturated rings. The molecule has 0 aromatic rings. The maximum absolute atomic E-state index is 9.22. The van der Waals surface area contributed by atoms with Crippen LogP contribution in [0.5, 0.6) is 0 Å². The van der Waals surface area contributed by atoms with E-state index >= 15 is 0 Å². The predicted octanol–water partition coefficient (Wildman–Crippen LogP) is -0.434. The molecule has 3 heteroatoms. The van der Waals surface area contributed by atoms with Gasteiger partial charge in [-0.3, -0.25) is 0 Å². The highest BCUT2D eigenvalue weighted by Crippen LogP contribution is 2.22. The summed E-state index contributed by atoms with van der Waals surface area (Å²) < 4.78 is 0. The highest BCUT2D eigenvalue weighted by Gasteiger charge is 2.35. The summed E-state index contributed by atoms with van der Waals surface area (Å²) in [6, 6.07) is 0. The van der Waals surface area contributed by atoms with Crippen LogP contribution in [0.1, 0.15) is 13.3 Å². The Bertz CT molecular complexity index is 123. The second kappa shape index (κ2) is 3.52. The van der Waals surface area contributed by atoms with Gasteiger partial charge >= 0.3 is 0 Å². The highest BCUT2D eigenvalue weighted by atomic mass is 16.3. The molecule has 0 radical (unpaired) electrons. The Labute approximate surface area is 68.2 Å². The number of aliphatic hydroxyl groups is 1. The fourth-order valence-electron chi connectivity index (χ4n) is 1.76. The van der Waals surface area contributed by atoms with Crippen LogP contribution in [0.3, 0.4) is 0 Å². The Kier molecular flexibility index (Phi) is 2.87. The van der Waals surface area contributed by atoms with Gasteiger partial charge in [-0.25, -0.2) is 0 Å². The molecular formula is C8H18N2O. The minimum atomic E-state index is -0.0365. The van der Waals surface area contributed by atoms with Crippen LogP contribution in [-0.4, -0.2) is 37.4 Å². The van der Waals surface area contributed by atoms with Gasteiger partial charge in [-0.1, -0.05) is 6.92 Å². The number of nitrogens with one attached hydrogen (secondary N) is 2. The van der Waals surface area contributed by atoms with Crippen molar-refractivity contribution in [1.82, 2.24) is 10.6 Å². The van der Waals surface area contributed by atoms with Crippen molar-refractivity contribution in [2.24, 2.45) is 5.92 Å². The Hall–Kier alpha value is -0.120. The lowest BCUT2D eigenvalue weighted by atomic mass is 9.80. The maximum Gasteiger partial charge on any atom is 0.0616 e. The van der Waals surface area contributed by atoms with E-state index in [1.807, 2.05) is 7.05 Å². The molecule has 2 unspecified atom stereocenters. The van der Waals surface area contributed by atoms with Crippen LogP contribution in [0.4, 0.5) is 0 Å². The van der Waals surface area contributed by atoms with Crippen molar-refractivity contribution in [3.05, 3.63) is 0 Å². The highest BCUT2D eigenvalue weighted by molar-refractivity contribution is 4.95. The van der Waals surface area contributed by atoms with Crippen LogP contribution in [0.15, 0.2) is 0 Å². The maximum atomic E-state index is 9.22. The topological polar surface area (TPSA) is 44.3 Å². The van der Waals surface area contributed by atoms with E-state index < -0.39 is 0 Å². The van der Waals surface area contributed by atoms with Gasteiger partial charge in [0.05, 0.1) is 6.61 Å². The molecule has 0 spiro atoms. The van der Waals surface area contributed by atoms with E-state index in [9.17, 15) is 5.11 Å². The van der Waals surface area contributed by atoms with Gasteiger partial charge in [-0.05, 0) is 32.5 Å². The van der Waals surface area contributed by atoms with E-state index in [2.05, 4.69) is 17.6 Å². The van der Waals surface area contributed by atoms with E-state index in [0.29, 0.717) is 5.92 Å². The monoisotopic (exact) mass is 158 g/mol. The van der Waals surface area contributed by atoms with E-state index in [1.165, 1.54) is 0 Å². The molecular weight excluding hydrogens is 140 g/mol. The second-order valence-corrected chi connectivity index (χ2v) is 3.42. The van der Waals surface area contributed by atoms with Gasteiger partial charge in [0.2, 0.25) is 0 Å². The van der Waals surface area contributed by atoms with E-state index in [-0.39, 0.29) is 12.1 Å². The zero-order valence-electron chi connectivity index (χ0n) is 7.35. The molecule has 0 aromatic carbocycles. The predicted molar refractivity (Wildman–Crippen MR) is 45.5 cm³/mol. The van der Waals surface area contributed by atoms with E-state index in [1.54, 1.807) is 0 Å². The Balaban J connectivity index is 2.61. The zero-order valence-corrected chi connectivity index (χ0v) is 7.35. The van der Waals surface area contributed by atoms with Crippen LogP contribution in [-0.2, 0) is 0 Å². The fraction of sp³-hybridized carbons (Fsp3) is 1.00. The summed E-state index contributed by atoms with van der Waals surface area (Å²) in [5, 5.41) is 15.8. The summed E-state index contributed by atoms with van der Waals surface area (Å²) in [6.07, 6.45) is 1.02. The van der Waals surface area contributed by atoms with Gasteiger partial charge in [-0.15, -0.1) is 0 Å². The summed E-state index contributed by atoms with van der Waals surface area (Å²) in [5.74, 6) is 0.506. The zero-order chi connectivity index (χ0) is 8.32. The molecule has 66 valence electrons. The lowest BCUT2D eigenvalue weighted by Gasteiger charge is -2.41. The number of piperidine rings is 1. The smallest absolute Gasteiger partial charge is 0.0616 e. The molecule has 1 aliphatic heterocycles. The Morgan fingerprint density at radius 1 is 1.73 bits per heavy atom. The number of likely N-dealkylation sites (N-methyl/N-ethyl adjacent to an activating group) is 1. The number of aliphatic hydroxyl groups excluding tert-OH is 1. The lowest BCUT2D eigenvalue weighted by molar-refractivity contribution is 0.0903. The first-order valence-electron chi connectivity index (χ1n) is 4.25. The summed E-state index contributed by atoms with van der Waals surface area (Å²) in [6.45, 7) is 4.42. The van der Waals surface area contributed by atoms with Crippen molar-refractivity contribution < 1.29 is 5.11 Å². The summed E-state index contributed by atoms with van der Waals surface area (Å²) >= 11 is 0. The first-order valence-corrected chi connectivity index (χ1v) is 4.25.